The van der Waals surface area contributed by atoms with Gasteiger partial charge in [-0.2, -0.15) is 0 Å². The molecule has 2 aromatic carbocycles. The molecule has 2 aromatic rings. The summed E-state index contributed by atoms with van der Waals surface area (Å²) in [5.74, 6) is -3.01. The maximum absolute atomic E-state index is 13.9. The largest absolute Gasteiger partial charge is 0.497 e. The number of nitrogens with one attached hydrogen (secondary N) is 1. The second kappa shape index (κ2) is 9.24. The second-order valence-corrected chi connectivity index (χ2v) is 5.77. The van der Waals surface area contributed by atoms with Crippen molar-refractivity contribution in [3.05, 3.63) is 65.0 Å². The molecule has 0 radical (unpaired) electrons. The van der Waals surface area contributed by atoms with Crippen LogP contribution >= 0.6 is 0 Å². The van der Waals surface area contributed by atoms with Crippen molar-refractivity contribution in [1.82, 2.24) is 5.32 Å². The van der Waals surface area contributed by atoms with Crippen molar-refractivity contribution in [2.24, 2.45) is 0 Å². The molecule has 4 nitrogen and oxygen atoms in total. The first-order chi connectivity index (χ1) is 12.4. The number of esters is 1. The normalized spacial score (nSPS) is 11.9. The predicted octanol–water partition coefficient (Wildman–Crippen LogP) is 3.38. The first-order valence-corrected chi connectivity index (χ1v) is 7.99. The van der Waals surface area contributed by atoms with E-state index >= 15 is 0 Å². The van der Waals surface area contributed by atoms with Crippen LogP contribution in [0.4, 0.5) is 13.2 Å². The zero-order valence-electron chi connectivity index (χ0n) is 14.5. The Labute approximate surface area is 149 Å². The molecular weight excluding hydrogens is 347 g/mol. The van der Waals surface area contributed by atoms with Gasteiger partial charge < -0.3 is 14.8 Å². The van der Waals surface area contributed by atoms with E-state index < -0.39 is 29.5 Å². The van der Waals surface area contributed by atoms with Gasteiger partial charge in [-0.15, -0.1) is 0 Å². The molecule has 0 spiro atoms. The van der Waals surface area contributed by atoms with Crippen LogP contribution in [0.25, 0.3) is 0 Å². The Balaban J connectivity index is 2.09. The Morgan fingerprint density at radius 2 is 1.69 bits per heavy atom. The fourth-order valence-corrected chi connectivity index (χ4v) is 2.49. The summed E-state index contributed by atoms with van der Waals surface area (Å²) >= 11 is 0. The SMILES string of the molecule is COC(=O)C[C@H](Cc1cc(F)c(F)cc1F)NCc1ccc(OC)cc1. The molecule has 0 unspecified atom stereocenters. The van der Waals surface area contributed by atoms with Crippen LogP contribution in [0.2, 0.25) is 0 Å². The average Bonchev–Trinajstić information content (AvgIpc) is 2.64. The molecule has 26 heavy (non-hydrogen) atoms. The monoisotopic (exact) mass is 367 g/mol. The molecular formula is C19H20F3NO3. The van der Waals surface area contributed by atoms with Gasteiger partial charge in [0.15, 0.2) is 11.6 Å². The highest BCUT2D eigenvalue weighted by Gasteiger charge is 2.18. The number of benzene rings is 2. The highest BCUT2D eigenvalue weighted by atomic mass is 19.2. The molecule has 140 valence electrons. The smallest absolute Gasteiger partial charge is 0.307 e. The number of rotatable bonds is 8. The van der Waals surface area contributed by atoms with E-state index in [0.29, 0.717) is 18.4 Å². The van der Waals surface area contributed by atoms with Crippen molar-refractivity contribution < 1.29 is 27.4 Å². The minimum Gasteiger partial charge on any atom is -0.497 e. The summed E-state index contributed by atoms with van der Waals surface area (Å²) in [6, 6.07) is 8.08. The molecule has 0 saturated carbocycles. The number of hydrogen-bond acceptors (Lipinski definition) is 4. The van der Waals surface area contributed by atoms with Crippen LogP contribution in [0.5, 0.6) is 5.75 Å². The molecule has 0 aromatic heterocycles. The average molecular weight is 367 g/mol. The molecule has 0 amide bonds. The fourth-order valence-electron chi connectivity index (χ4n) is 2.49. The molecule has 0 bridgehead atoms. The third-order valence-electron chi connectivity index (χ3n) is 3.95. The van der Waals surface area contributed by atoms with E-state index in [1.807, 2.05) is 12.1 Å². The van der Waals surface area contributed by atoms with Crippen molar-refractivity contribution in [1.29, 1.82) is 0 Å². The van der Waals surface area contributed by atoms with Crippen LogP contribution in [-0.4, -0.2) is 26.2 Å². The Morgan fingerprint density at radius 1 is 1.04 bits per heavy atom. The van der Waals surface area contributed by atoms with E-state index in [1.54, 1.807) is 19.2 Å². The van der Waals surface area contributed by atoms with Gasteiger partial charge in [-0.3, -0.25) is 4.79 Å². The Bertz CT molecular complexity index is 750. The number of methoxy groups -OCH3 is 2. The summed E-state index contributed by atoms with van der Waals surface area (Å²) in [4.78, 5) is 11.6. The highest BCUT2D eigenvalue weighted by molar-refractivity contribution is 5.70. The maximum Gasteiger partial charge on any atom is 0.307 e. The fraction of sp³-hybridized carbons (Fsp3) is 0.316. The van der Waals surface area contributed by atoms with E-state index in [2.05, 4.69) is 10.1 Å². The summed E-state index contributed by atoms with van der Waals surface area (Å²) in [6.07, 6.45) is -0.0284. The third kappa shape index (κ3) is 5.49. The standard InChI is InChI=1S/C19H20F3NO3/c1-25-15-5-3-12(4-6-15)11-23-14(9-19(24)26-2)7-13-8-17(21)18(22)10-16(13)20/h3-6,8,10,14,23H,7,9,11H2,1-2H3/t14-/m0/s1. The van der Waals surface area contributed by atoms with Crippen molar-refractivity contribution >= 4 is 5.97 Å². The quantitative estimate of drug-likeness (QED) is 0.574. The third-order valence-corrected chi connectivity index (χ3v) is 3.95. The molecule has 0 aliphatic carbocycles. The van der Waals surface area contributed by atoms with Crippen molar-refractivity contribution in [3.8, 4) is 5.75 Å². The molecule has 0 aliphatic rings. The summed E-state index contributed by atoms with van der Waals surface area (Å²) in [5.41, 5.74) is 0.909. The molecule has 0 fully saturated rings. The van der Waals surface area contributed by atoms with Crippen molar-refractivity contribution in [2.45, 2.75) is 25.4 Å². The zero-order valence-corrected chi connectivity index (χ0v) is 14.5. The molecule has 1 atom stereocenters. The number of halogens is 3. The molecule has 2 rings (SSSR count). The first-order valence-electron chi connectivity index (χ1n) is 7.99. The summed E-state index contributed by atoms with van der Waals surface area (Å²) in [7, 11) is 2.82. The lowest BCUT2D eigenvalue weighted by molar-refractivity contribution is -0.141. The van der Waals surface area contributed by atoms with Gasteiger partial charge in [-0.1, -0.05) is 12.1 Å². The summed E-state index contributed by atoms with van der Waals surface area (Å²) in [5, 5.41) is 3.12. The van der Waals surface area contributed by atoms with E-state index in [4.69, 9.17) is 4.74 Å². The molecule has 1 N–H and O–H groups in total. The molecule has 0 heterocycles. The lowest BCUT2D eigenvalue weighted by atomic mass is 10.0. The molecule has 7 heteroatoms. The zero-order chi connectivity index (χ0) is 19.1. The Morgan fingerprint density at radius 3 is 2.31 bits per heavy atom. The summed E-state index contributed by atoms with van der Waals surface area (Å²) < 4.78 is 50.1. The van der Waals surface area contributed by atoms with Crippen molar-refractivity contribution in [2.75, 3.05) is 14.2 Å². The second-order valence-electron chi connectivity index (χ2n) is 5.77. The Hall–Kier alpha value is -2.54. The van der Waals surface area contributed by atoms with Gasteiger partial charge in [0.05, 0.1) is 20.6 Å². The van der Waals surface area contributed by atoms with Gasteiger partial charge >= 0.3 is 5.97 Å². The topological polar surface area (TPSA) is 47.6 Å². The Kier molecular flexibility index (Phi) is 7.03. The number of carbonyl (C=O) groups excluding carboxylic acids is 1. The molecule has 0 saturated heterocycles. The van der Waals surface area contributed by atoms with Gasteiger partial charge in [-0.25, -0.2) is 13.2 Å². The summed E-state index contributed by atoms with van der Waals surface area (Å²) in [6.45, 7) is 0.400. The molecule has 0 aliphatic heterocycles. The van der Waals surface area contributed by atoms with Gasteiger partial charge in [-0.05, 0) is 35.7 Å². The van der Waals surface area contributed by atoms with Gasteiger partial charge in [0.1, 0.15) is 11.6 Å². The number of carbonyl (C=O) groups is 1. The van der Waals surface area contributed by atoms with Gasteiger partial charge in [0.25, 0.3) is 0 Å². The maximum atomic E-state index is 13.9. The van der Waals surface area contributed by atoms with Crippen LogP contribution in [-0.2, 0) is 22.5 Å². The number of hydrogen-bond donors (Lipinski definition) is 1. The van der Waals surface area contributed by atoms with Gasteiger partial charge in [0, 0.05) is 18.7 Å². The van der Waals surface area contributed by atoms with Crippen LogP contribution in [0.15, 0.2) is 36.4 Å². The van der Waals surface area contributed by atoms with E-state index in [1.165, 1.54) is 7.11 Å². The van der Waals surface area contributed by atoms with Crippen LogP contribution in [0.1, 0.15) is 17.5 Å². The lowest BCUT2D eigenvalue weighted by Gasteiger charge is -2.18. The minimum absolute atomic E-state index is 0.00822. The highest BCUT2D eigenvalue weighted by Crippen LogP contribution is 2.17. The van der Waals surface area contributed by atoms with Crippen LogP contribution < -0.4 is 10.1 Å². The van der Waals surface area contributed by atoms with E-state index in [-0.39, 0.29) is 18.4 Å². The first kappa shape index (κ1) is 19.8. The predicted molar refractivity (Wildman–Crippen MR) is 90.3 cm³/mol. The van der Waals surface area contributed by atoms with E-state index in [9.17, 15) is 18.0 Å². The number of ether oxygens (including phenoxy) is 2. The van der Waals surface area contributed by atoms with Crippen LogP contribution in [0, 0.1) is 17.5 Å². The minimum atomic E-state index is -1.25. The van der Waals surface area contributed by atoms with Gasteiger partial charge in [0.2, 0.25) is 0 Å². The van der Waals surface area contributed by atoms with Crippen LogP contribution in [0.3, 0.4) is 0 Å². The van der Waals surface area contributed by atoms with Crippen molar-refractivity contribution in [3.63, 3.8) is 0 Å². The lowest BCUT2D eigenvalue weighted by Crippen LogP contribution is -2.33. The van der Waals surface area contributed by atoms with E-state index in [0.717, 1.165) is 11.6 Å².